The molecule has 174 valence electrons. The van der Waals surface area contributed by atoms with Crippen LogP contribution in [-0.2, 0) is 20.9 Å². The summed E-state index contributed by atoms with van der Waals surface area (Å²) >= 11 is 0. The van der Waals surface area contributed by atoms with E-state index in [-0.39, 0.29) is 18.1 Å². The van der Waals surface area contributed by atoms with Crippen LogP contribution < -0.4 is 0 Å². The number of fused-ring (bicyclic) bond motifs is 1. The van der Waals surface area contributed by atoms with Gasteiger partial charge in [0.05, 0.1) is 11.8 Å². The summed E-state index contributed by atoms with van der Waals surface area (Å²) in [5.41, 5.74) is 2.18. The standard InChI is InChI=1S/C18H27N3O3.C2HF3O2/c1-12-14(13(2)24-19-12)11-21-10-7-16-15(21)5-6-17(23-16)18(22)20-8-3-4-9-20;3-2(4,5)1(6)7/h15-17H,3-11H2,1-2H3;(H,6,7)/t15-,16-,17-;/m1./s1. The van der Waals surface area contributed by atoms with Gasteiger partial charge in [0.1, 0.15) is 11.9 Å². The minimum atomic E-state index is -5.08. The third kappa shape index (κ3) is 5.57. The highest BCUT2D eigenvalue weighted by molar-refractivity contribution is 5.81. The van der Waals surface area contributed by atoms with Crippen molar-refractivity contribution in [3.8, 4) is 0 Å². The van der Waals surface area contributed by atoms with E-state index in [2.05, 4.69) is 10.1 Å². The number of ether oxygens (including phenoxy) is 1. The predicted octanol–water partition coefficient (Wildman–Crippen LogP) is 2.67. The van der Waals surface area contributed by atoms with Gasteiger partial charge >= 0.3 is 12.1 Å². The Hall–Kier alpha value is -2.14. The highest BCUT2D eigenvalue weighted by Gasteiger charge is 2.43. The average molecular weight is 447 g/mol. The SMILES string of the molecule is Cc1noc(C)c1CN1CC[C@H]2O[C@@H](C(=O)N3CCCC3)CC[C@H]21.O=C(O)C(F)(F)F. The number of carboxylic acids is 1. The first kappa shape index (κ1) is 23.5. The van der Waals surface area contributed by atoms with Gasteiger partial charge in [-0.15, -0.1) is 0 Å². The van der Waals surface area contributed by atoms with Crippen LogP contribution in [0.4, 0.5) is 13.2 Å². The highest BCUT2D eigenvalue weighted by Crippen LogP contribution is 2.34. The van der Waals surface area contributed by atoms with Crippen LogP contribution in [0.5, 0.6) is 0 Å². The molecular weight excluding hydrogens is 419 g/mol. The Labute approximate surface area is 178 Å². The van der Waals surface area contributed by atoms with E-state index in [1.54, 1.807) is 0 Å². The first-order chi connectivity index (χ1) is 14.6. The highest BCUT2D eigenvalue weighted by atomic mass is 19.4. The Morgan fingerprint density at radius 1 is 1.13 bits per heavy atom. The maximum Gasteiger partial charge on any atom is 0.490 e. The number of carboxylic acid groups (broad SMARTS) is 1. The number of aromatic nitrogens is 1. The van der Waals surface area contributed by atoms with Crippen molar-refractivity contribution in [1.82, 2.24) is 15.0 Å². The minimum Gasteiger partial charge on any atom is -0.475 e. The number of hydrogen-bond acceptors (Lipinski definition) is 6. The number of nitrogens with zero attached hydrogens (tertiary/aromatic N) is 3. The van der Waals surface area contributed by atoms with Gasteiger partial charge in [-0.25, -0.2) is 4.79 Å². The third-order valence-corrected chi connectivity index (χ3v) is 6.14. The summed E-state index contributed by atoms with van der Waals surface area (Å²) in [6, 6.07) is 0.418. The number of rotatable bonds is 3. The van der Waals surface area contributed by atoms with Crippen LogP contribution in [-0.4, -0.2) is 76.0 Å². The molecule has 4 rings (SSSR count). The molecule has 0 unspecified atom stereocenters. The molecule has 0 saturated carbocycles. The molecule has 3 atom stereocenters. The number of amides is 1. The summed E-state index contributed by atoms with van der Waals surface area (Å²) in [6.45, 7) is 7.68. The number of aryl methyl sites for hydroxylation is 2. The minimum absolute atomic E-state index is 0.191. The van der Waals surface area contributed by atoms with Gasteiger partial charge < -0.3 is 19.3 Å². The fourth-order valence-electron chi connectivity index (χ4n) is 4.46. The number of aliphatic carboxylic acids is 1. The lowest BCUT2D eigenvalue weighted by Gasteiger charge is -2.36. The fourth-order valence-corrected chi connectivity index (χ4v) is 4.46. The molecule has 3 fully saturated rings. The predicted molar refractivity (Wildman–Crippen MR) is 102 cm³/mol. The Balaban J connectivity index is 0.000000339. The number of carbonyl (C=O) groups is 2. The smallest absolute Gasteiger partial charge is 0.475 e. The summed E-state index contributed by atoms with van der Waals surface area (Å²) in [5.74, 6) is -1.63. The van der Waals surface area contributed by atoms with Crippen LogP contribution >= 0.6 is 0 Å². The van der Waals surface area contributed by atoms with Crippen LogP contribution in [0, 0.1) is 13.8 Å². The molecule has 1 aromatic rings. The normalized spacial score (nSPS) is 26.4. The van der Waals surface area contributed by atoms with Crippen molar-refractivity contribution in [1.29, 1.82) is 0 Å². The molecule has 3 saturated heterocycles. The number of carbonyl (C=O) groups excluding carboxylic acids is 1. The van der Waals surface area contributed by atoms with Crippen LogP contribution in [0.1, 0.15) is 49.1 Å². The lowest BCUT2D eigenvalue weighted by atomic mass is 9.98. The summed E-state index contributed by atoms with van der Waals surface area (Å²) in [6.07, 6.45) is 0.0510. The molecule has 3 aliphatic heterocycles. The molecule has 0 radical (unpaired) electrons. The second-order valence-electron chi connectivity index (χ2n) is 8.21. The van der Waals surface area contributed by atoms with Gasteiger partial charge in [0.25, 0.3) is 5.91 Å². The molecule has 1 aromatic heterocycles. The van der Waals surface area contributed by atoms with Crippen LogP contribution in [0.25, 0.3) is 0 Å². The van der Waals surface area contributed by atoms with Gasteiger partial charge in [0.15, 0.2) is 0 Å². The number of likely N-dealkylation sites (tertiary alicyclic amines) is 2. The summed E-state index contributed by atoms with van der Waals surface area (Å²) < 4.78 is 43.2. The van der Waals surface area contributed by atoms with Crippen molar-refractivity contribution in [3.63, 3.8) is 0 Å². The lowest BCUT2D eigenvalue weighted by Crippen LogP contribution is -2.48. The first-order valence-electron chi connectivity index (χ1n) is 10.5. The van der Waals surface area contributed by atoms with E-state index in [0.717, 1.165) is 69.7 Å². The van der Waals surface area contributed by atoms with E-state index in [1.807, 2.05) is 18.7 Å². The largest absolute Gasteiger partial charge is 0.490 e. The van der Waals surface area contributed by atoms with E-state index >= 15 is 0 Å². The molecular formula is C20H28F3N3O5. The number of halogens is 3. The zero-order chi connectivity index (χ0) is 22.8. The Kier molecular flexibility index (Phi) is 7.25. The Bertz CT molecular complexity index is 772. The van der Waals surface area contributed by atoms with Crippen molar-refractivity contribution in [2.24, 2.45) is 0 Å². The summed E-state index contributed by atoms with van der Waals surface area (Å²) in [4.78, 5) is 25.9. The number of hydrogen-bond donors (Lipinski definition) is 1. The molecule has 31 heavy (non-hydrogen) atoms. The molecule has 1 amide bonds. The van der Waals surface area contributed by atoms with Crippen molar-refractivity contribution in [2.45, 2.75) is 76.9 Å². The second-order valence-corrected chi connectivity index (χ2v) is 8.21. The molecule has 8 nitrogen and oxygen atoms in total. The van der Waals surface area contributed by atoms with Gasteiger partial charge in [-0.1, -0.05) is 5.16 Å². The first-order valence-corrected chi connectivity index (χ1v) is 10.5. The number of alkyl halides is 3. The van der Waals surface area contributed by atoms with Crippen molar-refractivity contribution in [3.05, 3.63) is 17.0 Å². The van der Waals surface area contributed by atoms with Crippen molar-refractivity contribution < 1.29 is 37.1 Å². The quantitative estimate of drug-likeness (QED) is 0.761. The summed E-state index contributed by atoms with van der Waals surface area (Å²) in [7, 11) is 0. The molecule has 1 N–H and O–H groups in total. The van der Waals surface area contributed by atoms with E-state index in [1.165, 1.54) is 5.56 Å². The molecule has 11 heteroatoms. The maximum absolute atomic E-state index is 12.6. The molecule has 0 aliphatic carbocycles. The van der Waals surface area contributed by atoms with Gasteiger partial charge in [0, 0.05) is 37.8 Å². The Morgan fingerprint density at radius 3 is 2.32 bits per heavy atom. The zero-order valence-corrected chi connectivity index (χ0v) is 17.7. The van der Waals surface area contributed by atoms with E-state index in [0.29, 0.717) is 6.04 Å². The average Bonchev–Trinajstić information content (AvgIpc) is 3.44. The van der Waals surface area contributed by atoms with E-state index in [4.69, 9.17) is 19.2 Å². The Morgan fingerprint density at radius 2 is 1.77 bits per heavy atom. The molecule has 3 aliphatic rings. The van der Waals surface area contributed by atoms with Crippen LogP contribution in [0.15, 0.2) is 4.52 Å². The van der Waals surface area contributed by atoms with Gasteiger partial charge in [0.2, 0.25) is 0 Å². The molecule has 0 aromatic carbocycles. The monoisotopic (exact) mass is 447 g/mol. The van der Waals surface area contributed by atoms with Crippen molar-refractivity contribution >= 4 is 11.9 Å². The molecule has 0 spiro atoms. The molecule has 4 heterocycles. The van der Waals surface area contributed by atoms with Crippen molar-refractivity contribution in [2.75, 3.05) is 19.6 Å². The van der Waals surface area contributed by atoms with Gasteiger partial charge in [-0.05, 0) is 46.0 Å². The summed E-state index contributed by atoms with van der Waals surface area (Å²) in [5, 5.41) is 11.2. The van der Waals surface area contributed by atoms with Gasteiger partial charge in [-0.3, -0.25) is 9.69 Å². The van der Waals surface area contributed by atoms with E-state index < -0.39 is 12.1 Å². The van der Waals surface area contributed by atoms with Crippen LogP contribution in [0.2, 0.25) is 0 Å². The van der Waals surface area contributed by atoms with E-state index in [9.17, 15) is 18.0 Å². The lowest BCUT2D eigenvalue weighted by molar-refractivity contribution is -0.192. The zero-order valence-electron chi connectivity index (χ0n) is 17.7. The maximum atomic E-state index is 12.6. The fraction of sp³-hybridized carbons (Fsp3) is 0.750. The topological polar surface area (TPSA) is 96.1 Å². The molecule has 0 bridgehead atoms. The van der Waals surface area contributed by atoms with Gasteiger partial charge in [-0.2, -0.15) is 13.2 Å². The second kappa shape index (κ2) is 9.56. The third-order valence-electron chi connectivity index (χ3n) is 6.14. The van der Waals surface area contributed by atoms with Crippen LogP contribution in [0.3, 0.4) is 0 Å².